The highest BCUT2D eigenvalue weighted by Crippen LogP contribution is 2.39. The standard InChI is InChI=1S/C31H33F2N7/c32-25-13-21(14-26(33)15-25)18-40-19-24(17-35-40)27(28-16-29(34)36-31-30(28)37-39-38-31)8-4-5-20-9-11-23(12-10-20)22-6-2-1-3-7-22/h1-3,6-7,13-17,19-20,23,27H,4-5,8-12,18H2,(H3,34,36,37,38,39). The van der Waals surface area contributed by atoms with Crippen LogP contribution in [0.4, 0.5) is 14.6 Å². The maximum Gasteiger partial charge on any atom is 0.203 e. The van der Waals surface area contributed by atoms with Crippen molar-refractivity contribution < 1.29 is 8.78 Å². The molecule has 40 heavy (non-hydrogen) atoms. The summed E-state index contributed by atoms with van der Waals surface area (Å²) in [6, 6.07) is 16.3. The number of anilines is 1. The number of fused-ring (bicyclic) bond motifs is 1. The number of hydrogen-bond donors (Lipinski definition) is 2. The van der Waals surface area contributed by atoms with Crippen molar-refractivity contribution >= 4 is 17.0 Å². The minimum atomic E-state index is -0.598. The predicted octanol–water partition coefficient (Wildman–Crippen LogP) is 6.73. The van der Waals surface area contributed by atoms with Crippen LogP contribution >= 0.6 is 0 Å². The van der Waals surface area contributed by atoms with Gasteiger partial charge < -0.3 is 5.73 Å². The summed E-state index contributed by atoms with van der Waals surface area (Å²) in [5, 5.41) is 15.7. The Morgan fingerprint density at radius 2 is 1.75 bits per heavy atom. The molecular weight excluding hydrogens is 508 g/mol. The van der Waals surface area contributed by atoms with E-state index in [1.807, 2.05) is 18.5 Å². The third-order valence-corrected chi connectivity index (χ3v) is 8.26. The van der Waals surface area contributed by atoms with E-state index >= 15 is 0 Å². The zero-order valence-electron chi connectivity index (χ0n) is 22.3. The molecule has 9 heteroatoms. The van der Waals surface area contributed by atoms with Crippen molar-refractivity contribution in [3.63, 3.8) is 0 Å². The summed E-state index contributed by atoms with van der Waals surface area (Å²) in [7, 11) is 0. The fourth-order valence-corrected chi connectivity index (χ4v) is 6.30. The van der Waals surface area contributed by atoms with Gasteiger partial charge in [0.1, 0.15) is 23.0 Å². The summed E-state index contributed by atoms with van der Waals surface area (Å²) in [4.78, 5) is 4.32. The van der Waals surface area contributed by atoms with Gasteiger partial charge in [-0.1, -0.05) is 43.2 Å². The van der Waals surface area contributed by atoms with Crippen LogP contribution in [0.25, 0.3) is 11.2 Å². The van der Waals surface area contributed by atoms with Gasteiger partial charge in [0.15, 0.2) is 0 Å². The monoisotopic (exact) mass is 541 g/mol. The SMILES string of the molecule is Nc1cc(C(CCCC2CCC(c3ccccc3)CC2)c2cnn(Cc3cc(F)cc(F)c3)c2)c2n[nH]nc2n1. The van der Waals surface area contributed by atoms with Crippen molar-refractivity contribution in [2.24, 2.45) is 5.92 Å². The van der Waals surface area contributed by atoms with Crippen molar-refractivity contribution in [1.29, 1.82) is 0 Å². The minimum Gasteiger partial charge on any atom is -0.384 e. The first kappa shape index (κ1) is 26.1. The van der Waals surface area contributed by atoms with Gasteiger partial charge in [-0.05, 0) is 84.4 Å². The van der Waals surface area contributed by atoms with E-state index in [1.165, 1.54) is 43.4 Å². The van der Waals surface area contributed by atoms with Gasteiger partial charge in [-0.2, -0.15) is 15.4 Å². The van der Waals surface area contributed by atoms with Crippen LogP contribution in [-0.2, 0) is 6.54 Å². The largest absolute Gasteiger partial charge is 0.384 e. The van der Waals surface area contributed by atoms with Crippen LogP contribution in [0.1, 0.15) is 79.0 Å². The van der Waals surface area contributed by atoms with Crippen molar-refractivity contribution in [2.75, 3.05) is 5.73 Å². The maximum absolute atomic E-state index is 13.7. The lowest BCUT2D eigenvalue weighted by atomic mass is 9.76. The van der Waals surface area contributed by atoms with E-state index in [2.05, 4.69) is 55.8 Å². The normalized spacial score (nSPS) is 18.2. The first-order valence-electron chi connectivity index (χ1n) is 14.0. The molecule has 0 amide bonds. The van der Waals surface area contributed by atoms with E-state index in [0.29, 0.717) is 28.5 Å². The molecule has 3 heterocycles. The predicted molar refractivity (Wildman–Crippen MR) is 151 cm³/mol. The molecule has 1 atom stereocenters. The third-order valence-electron chi connectivity index (χ3n) is 8.26. The Morgan fingerprint density at radius 1 is 0.975 bits per heavy atom. The Bertz CT molecular complexity index is 1550. The quantitative estimate of drug-likeness (QED) is 0.215. The highest BCUT2D eigenvalue weighted by Gasteiger charge is 2.25. The molecule has 2 aromatic carbocycles. The molecule has 0 bridgehead atoms. The molecule has 1 unspecified atom stereocenters. The van der Waals surface area contributed by atoms with Gasteiger partial charge in [-0.25, -0.2) is 13.8 Å². The van der Waals surface area contributed by atoms with Crippen LogP contribution in [0.5, 0.6) is 0 Å². The molecular formula is C31H33F2N7. The van der Waals surface area contributed by atoms with Gasteiger partial charge in [-0.15, -0.1) is 5.10 Å². The molecule has 1 aliphatic carbocycles. The highest BCUT2D eigenvalue weighted by molar-refractivity contribution is 5.77. The minimum absolute atomic E-state index is 0.0171. The lowest BCUT2D eigenvalue weighted by Gasteiger charge is -2.29. The Labute approximate surface area is 231 Å². The van der Waals surface area contributed by atoms with Crippen LogP contribution in [-0.4, -0.2) is 30.2 Å². The maximum atomic E-state index is 13.7. The van der Waals surface area contributed by atoms with Gasteiger partial charge in [0.05, 0.1) is 12.7 Å². The molecule has 1 fully saturated rings. The van der Waals surface area contributed by atoms with E-state index in [0.717, 1.165) is 42.4 Å². The Morgan fingerprint density at radius 3 is 2.52 bits per heavy atom. The molecule has 5 aromatic rings. The number of nitrogens with zero attached hydrogens (tertiary/aromatic N) is 5. The topological polar surface area (TPSA) is 98.3 Å². The first-order chi connectivity index (χ1) is 19.5. The highest BCUT2D eigenvalue weighted by atomic mass is 19.1. The number of hydrogen-bond acceptors (Lipinski definition) is 5. The molecule has 1 saturated carbocycles. The molecule has 1 aliphatic rings. The van der Waals surface area contributed by atoms with Gasteiger partial charge >= 0.3 is 0 Å². The summed E-state index contributed by atoms with van der Waals surface area (Å²) in [5.41, 5.74) is 11.3. The molecule has 0 spiro atoms. The Kier molecular flexibility index (Phi) is 7.53. The van der Waals surface area contributed by atoms with Gasteiger partial charge in [0.2, 0.25) is 5.65 Å². The molecule has 6 rings (SSSR count). The van der Waals surface area contributed by atoms with E-state index in [-0.39, 0.29) is 12.5 Å². The zero-order chi connectivity index (χ0) is 27.5. The number of nitrogens with one attached hydrogen (secondary N) is 1. The number of H-pyrrole nitrogens is 1. The fraction of sp³-hybridized carbons (Fsp3) is 0.355. The first-order valence-corrected chi connectivity index (χ1v) is 14.0. The number of nitrogens with two attached hydrogens (primary N) is 1. The average Bonchev–Trinajstić information content (AvgIpc) is 3.61. The zero-order valence-corrected chi connectivity index (χ0v) is 22.3. The number of aromatic amines is 1. The lowest BCUT2D eigenvalue weighted by Crippen LogP contribution is -2.14. The summed E-state index contributed by atoms with van der Waals surface area (Å²) in [5.74, 6) is 0.570. The second-order valence-corrected chi connectivity index (χ2v) is 11.0. The summed E-state index contributed by atoms with van der Waals surface area (Å²) >= 11 is 0. The molecule has 206 valence electrons. The molecule has 0 saturated heterocycles. The van der Waals surface area contributed by atoms with Gasteiger partial charge in [0.25, 0.3) is 0 Å². The van der Waals surface area contributed by atoms with E-state index in [4.69, 9.17) is 5.73 Å². The number of rotatable bonds is 9. The van der Waals surface area contributed by atoms with E-state index in [9.17, 15) is 8.78 Å². The van der Waals surface area contributed by atoms with Crippen molar-refractivity contribution in [3.8, 4) is 0 Å². The molecule has 3 aromatic heterocycles. The second-order valence-electron chi connectivity index (χ2n) is 11.0. The second kappa shape index (κ2) is 11.5. The summed E-state index contributed by atoms with van der Waals surface area (Å²) in [6.07, 6.45) is 11.9. The molecule has 0 aliphatic heterocycles. The Balaban J connectivity index is 1.18. The summed E-state index contributed by atoms with van der Waals surface area (Å²) < 4.78 is 29.2. The Hall–Kier alpha value is -4.14. The van der Waals surface area contributed by atoms with E-state index in [1.54, 1.807) is 4.68 Å². The number of pyridine rings is 1. The van der Waals surface area contributed by atoms with Crippen LogP contribution in [0.2, 0.25) is 0 Å². The van der Waals surface area contributed by atoms with Gasteiger partial charge in [0, 0.05) is 18.2 Å². The molecule has 7 nitrogen and oxygen atoms in total. The fourth-order valence-electron chi connectivity index (χ4n) is 6.30. The number of aromatic nitrogens is 6. The van der Waals surface area contributed by atoms with Crippen LogP contribution < -0.4 is 5.73 Å². The van der Waals surface area contributed by atoms with Crippen molar-refractivity contribution in [2.45, 2.75) is 63.3 Å². The average molecular weight is 542 g/mol. The van der Waals surface area contributed by atoms with E-state index < -0.39 is 11.6 Å². The number of nitrogen functional groups attached to an aromatic ring is 1. The van der Waals surface area contributed by atoms with Crippen molar-refractivity contribution in [3.05, 3.63) is 101 Å². The van der Waals surface area contributed by atoms with Crippen LogP contribution in [0, 0.1) is 17.6 Å². The lowest BCUT2D eigenvalue weighted by molar-refractivity contribution is 0.301. The molecule has 0 radical (unpaired) electrons. The number of halogens is 2. The van der Waals surface area contributed by atoms with Crippen LogP contribution in [0.15, 0.2) is 67.0 Å². The van der Waals surface area contributed by atoms with Gasteiger partial charge in [-0.3, -0.25) is 4.68 Å². The summed E-state index contributed by atoms with van der Waals surface area (Å²) in [6.45, 7) is 0.268. The smallest absolute Gasteiger partial charge is 0.203 e. The molecule has 3 N–H and O–H groups in total. The number of benzene rings is 2. The third kappa shape index (κ3) is 5.88. The van der Waals surface area contributed by atoms with Crippen LogP contribution in [0.3, 0.4) is 0 Å². The van der Waals surface area contributed by atoms with Crippen molar-refractivity contribution in [1.82, 2.24) is 30.2 Å².